The first-order chi connectivity index (χ1) is 8.06. The average molecular weight is 232 g/mol. The highest BCUT2D eigenvalue weighted by Crippen LogP contribution is 2.22. The van der Waals surface area contributed by atoms with Crippen molar-refractivity contribution in [3.8, 4) is 0 Å². The van der Waals surface area contributed by atoms with E-state index in [1.165, 1.54) is 11.6 Å². The van der Waals surface area contributed by atoms with Gasteiger partial charge >= 0.3 is 0 Å². The van der Waals surface area contributed by atoms with Gasteiger partial charge in [-0.15, -0.1) is 0 Å². The lowest BCUT2D eigenvalue weighted by Crippen LogP contribution is -1.90. The molecule has 0 aliphatic rings. The summed E-state index contributed by atoms with van der Waals surface area (Å²) in [5, 5.41) is 0. The Morgan fingerprint density at radius 1 is 1.24 bits per heavy atom. The van der Waals surface area contributed by atoms with Gasteiger partial charge in [0, 0.05) is 5.56 Å². The highest BCUT2D eigenvalue weighted by atomic mass is 19.1. The van der Waals surface area contributed by atoms with Crippen LogP contribution >= 0.6 is 0 Å². The zero-order valence-electron chi connectivity index (χ0n) is 11.2. The molecule has 0 saturated carbocycles. The summed E-state index contributed by atoms with van der Waals surface area (Å²) in [6.45, 7) is 8.18. The van der Waals surface area contributed by atoms with Gasteiger partial charge in [-0.05, 0) is 44.4 Å². The fourth-order valence-electron chi connectivity index (χ4n) is 1.96. The first kappa shape index (κ1) is 13.7. The zero-order chi connectivity index (χ0) is 12.8. The quantitative estimate of drug-likeness (QED) is 0.619. The Kier molecular flexibility index (Phi) is 5.14. The molecular formula is C16H21F. The van der Waals surface area contributed by atoms with Gasteiger partial charge in [-0.2, -0.15) is 0 Å². The molecule has 0 aromatic heterocycles. The minimum absolute atomic E-state index is 0.139. The maximum atomic E-state index is 13.7. The van der Waals surface area contributed by atoms with E-state index >= 15 is 0 Å². The van der Waals surface area contributed by atoms with Crippen LogP contribution in [0.5, 0.6) is 0 Å². The molecule has 0 amide bonds. The molecule has 0 aliphatic heterocycles. The molecule has 0 atom stereocenters. The topological polar surface area (TPSA) is 0 Å². The van der Waals surface area contributed by atoms with Crippen LogP contribution in [0.25, 0.3) is 5.57 Å². The molecule has 0 N–H and O–H groups in total. The number of benzene rings is 1. The van der Waals surface area contributed by atoms with Crippen LogP contribution in [0, 0.1) is 12.7 Å². The molecule has 0 aliphatic carbocycles. The van der Waals surface area contributed by atoms with Crippen LogP contribution in [0.2, 0.25) is 0 Å². The molecule has 1 rings (SSSR count). The molecule has 17 heavy (non-hydrogen) atoms. The summed E-state index contributed by atoms with van der Waals surface area (Å²) in [7, 11) is 0. The smallest absolute Gasteiger partial charge is 0.130 e. The highest BCUT2D eigenvalue weighted by molar-refractivity contribution is 5.68. The number of rotatable bonds is 4. The van der Waals surface area contributed by atoms with E-state index in [9.17, 15) is 4.39 Å². The van der Waals surface area contributed by atoms with Gasteiger partial charge < -0.3 is 0 Å². The third-order valence-corrected chi connectivity index (χ3v) is 2.88. The second kappa shape index (κ2) is 6.39. The molecule has 1 aromatic carbocycles. The SMILES string of the molecule is CCC/C(C)=C/C=C(\C)c1c(C)cccc1F. The van der Waals surface area contributed by atoms with Crippen LogP contribution in [0.4, 0.5) is 4.39 Å². The lowest BCUT2D eigenvalue weighted by Gasteiger charge is -2.07. The third kappa shape index (κ3) is 3.85. The van der Waals surface area contributed by atoms with Crippen molar-refractivity contribution in [3.63, 3.8) is 0 Å². The minimum Gasteiger partial charge on any atom is -0.206 e. The van der Waals surface area contributed by atoms with Gasteiger partial charge in [0.2, 0.25) is 0 Å². The summed E-state index contributed by atoms with van der Waals surface area (Å²) >= 11 is 0. The van der Waals surface area contributed by atoms with E-state index in [0.29, 0.717) is 0 Å². The largest absolute Gasteiger partial charge is 0.206 e. The monoisotopic (exact) mass is 232 g/mol. The van der Waals surface area contributed by atoms with E-state index in [0.717, 1.165) is 29.5 Å². The van der Waals surface area contributed by atoms with E-state index < -0.39 is 0 Å². The predicted molar refractivity (Wildman–Crippen MR) is 73.5 cm³/mol. The van der Waals surface area contributed by atoms with E-state index in [-0.39, 0.29) is 5.82 Å². The first-order valence-corrected chi connectivity index (χ1v) is 6.15. The summed E-state index contributed by atoms with van der Waals surface area (Å²) in [6, 6.07) is 5.21. The molecule has 0 radical (unpaired) electrons. The number of allylic oxidation sites excluding steroid dienone is 4. The normalized spacial score (nSPS) is 13.0. The van der Waals surface area contributed by atoms with E-state index in [2.05, 4.69) is 19.9 Å². The van der Waals surface area contributed by atoms with Crippen molar-refractivity contribution < 1.29 is 4.39 Å². The molecular weight excluding hydrogens is 211 g/mol. The van der Waals surface area contributed by atoms with Gasteiger partial charge in [-0.25, -0.2) is 4.39 Å². The van der Waals surface area contributed by atoms with Gasteiger partial charge in [0.25, 0.3) is 0 Å². The molecule has 0 heterocycles. The average Bonchev–Trinajstić information content (AvgIpc) is 2.26. The van der Waals surface area contributed by atoms with Crippen LogP contribution < -0.4 is 0 Å². The lowest BCUT2D eigenvalue weighted by atomic mass is 10.0. The molecule has 1 aromatic rings. The Hall–Kier alpha value is -1.37. The fraction of sp³-hybridized carbons (Fsp3) is 0.375. The molecule has 1 heteroatoms. The van der Waals surface area contributed by atoms with Crippen molar-refractivity contribution in [1.82, 2.24) is 0 Å². The Bertz CT molecular complexity index is 419. The van der Waals surface area contributed by atoms with E-state index in [4.69, 9.17) is 0 Å². The number of hydrogen-bond donors (Lipinski definition) is 0. The minimum atomic E-state index is -0.139. The van der Waals surface area contributed by atoms with Crippen LogP contribution in [0.1, 0.15) is 44.7 Å². The Labute approximate surface area is 104 Å². The van der Waals surface area contributed by atoms with Crippen LogP contribution in [0.3, 0.4) is 0 Å². The second-order valence-corrected chi connectivity index (χ2v) is 4.54. The predicted octanol–water partition coefficient (Wildman–Crippen LogP) is 5.28. The Balaban J connectivity index is 3.00. The van der Waals surface area contributed by atoms with Gasteiger partial charge in [-0.3, -0.25) is 0 Å². The van der Waals surface area contributed by atoms with Crippen molar-refractivity contribution in [1.29, 1.82) is 0 Å². The number of aryl methyl sites for hydroxylation is 1. The Morgan fingerprint density at radius 2 is 1.94 bits per heavy atom. The molecule has 0 saturated heterocycles. The highest BCUT2D eigenvalue weighted by Gasteiger charge is 2.05. The first-order valence-electron chi connectivity index (χ1n) is 6.15. The molecule has 0 bridgehead atoms. The number of hydrogen-bond acceptors (Lipinski definition) is 0. The zero-order valence-corrected chi connectivity index (χ0v) is 11.2. The second-order valence-electron chi connectivity index (χ2n) is 4.54. The Morgan fingerprint density at radius 3 is 2.53 bits per heavy atom. The van der Waals surface area contributed by atoms with Gasteiger partial charge in [0.05, 0.1) is 0 Å². The molecule has 0 unspecified atom stereocenters. The third-order valence-electron chi connectivity index (χ3n) is 2.88. The van der Waals surface area contributed by atoms with Crippen LogP contribution in [0.15, 0.2) is 35.9 Å². The fourth-order valence-corrected chi connectivity index (χ4v) is 1.96. The van der Waals surface area contributed by atoms with Gasteiger partial charge in [0.15, 0.2) is 0 Å². The standard InChI is InChI=1S/C16H21F/c1-5-7-12(2)10-11-14(4)16-13(3)8-6-9-15(16)17/h6,8-11H,5,7H2,1-4H3/b12-10+,14-11+. The number of halogens is 1. The van der Waals surface area contributed by atoms with Gasteiger partial charge in [-0.1, -0.05) is 43.2 Å². The molecule has 0 fully saturated rings. The maximum absolute atomic E-state index is 13.7. The summed E-state index contributed by atoms with van der Waals surface area (Å²) in [5.74, 6) is -0.139. The van der Waals surface area contributed by atoms with Crippen LogP contribution in [-0.4, -0.2) is 0 Å². The van der Waals surface area contributed by atoms with Crippen molar-refractivity contribution in [2.45, 2.75) is 40.5 Å². The summed E-state index contributed by atoms with van der Waals surface area (Å²) in [4.78, 5) is 0. The van der Waals surface area contributed by atoms with Crippen LogP contribution in [-0.2, 0) is 0 Å². The lowest BCUT2D eigenvalue weighted by molar-refractivity contribution is 0.622. The van der Waals surface area contributed by atoms with Gasteiger partial charge in [0.1, 0.15) is 5.82 Å². The molecule has 0 spiro atoms. The van der Waals surface area contributed by atoms with Crippen molar-refractivity contribution in [2.75, 3.05) is 0 Å². The summed E-state index contributed by atoms with van der Waals surface area (Å²) < 4.78 is 13.7. The molecule has 92 valence electrons. The van der Waals surface area contributed by atoms with Crippen molar-refractivity contribution >= 4 is 5.57 Å². The van der Waals surface area contributed by atoms with Crippen molar-refractivity contribution in [2.24, 2.45) is 0 Å². The van der Waals surface area contributed by atoms with E-state index in [1.54, 1.807) is 6.07 Å². The summed E-state index contributed by atoms with van der Waals surface area (Å²) in [5.41, 5.74) is 4.03. The summed E-state index contributed by atoms with van der Waals surface area (Å²) in [6.07, 6.45) is 6.34. The van der Waals surface area contributed by atoms with E-state index in [1.807, 2.05) is 26.0 Å². The maximum Gasteiger partial charge on any atom is 0.130 e. The molecule has 0 nitrogen and oxygen atoms in total. The van der Waals surface area contributed by atoms with Crippen molar-refractivity contribution in [3.05, 3.63) is 52.9 Å².